The van der Waals surface area contributed by atoms with E-state index in [1.807, 2.05) is 60.4 Å². The number of carboxylic acids is 1. The molecule has 7 heteroatoms. The number of carboxylic acid groups (broad SMARTS) is 1. The Labute approximate surface area is 215 Å². The Kier molecular flexibility index (Phi) is 10.3. The van der Waals surface area contributed by atoms with Crippen LogP contribution >= 0.6 is 0 Å². The number of aliphatic hydroxyl groups is 1. The van der Waals surface area contributed by atoms with Gasteiger partial charge in [0.25, 0.3) is 0 Å². The molecule has 0 aromatic heterocycles. The van der Waals surface area contributed by atoms with Gasteiger partial charge in [-0.3, -0.25) is 4.90 Å². The van der Waals surface area contributed by atoms with Crippen LogP contribution < -0.4 is 5.32 Å². The van der Waals surface area contributed by atoms with Crippen LogP contribution in [0.2, 0.25) is 0 Å². The number of para-hydroxylation sites is 1. The van der Waals surface area contributed by atoms with E-state index in [0.717, 1.165) is 43.5 Å². The molecule has 3 atom stereocenters. The quantitative estimate of drug-likeness (QED) is 0.343. The molecule has 0 bridgehead atoms. The van der Waals surface area contributed by atoms with Gasteiger partial charge in [-0.25, -0.2) is 4.79 Å². The molecule has 198 valence electrons. The number of ether oxygens (including phenoxy) is 2. The zero-order valence-corrected chi connectivity index (χ0v) is 22.1. The highest BCUT2D eigenvalue weighted by Crippen LogP contribution is 2.26. The third-order valence-electron chi connectivity index (χ3n) is 6.45. The molecular formula is C29H42N2O5. The first kappa shape index (κ1) is 28.1. The normalized spacial score (nSPS) is 19.3. The maximum Gasteiger partial charge on any atom is 0.336 e. The Bertz CT molecular complexity index is 960. The maximum absolute atomic E-state index is 11.7. The zero-order valence-electron chi connectivity index (χ0n) is 22.1. The van der Waals surface area contributed by atoms with Crippen molar-refractivity contribution >= 4 is 11.7 Å². The van der Waals surface area contributed by atoms with Crippen molar-refractivity contribution in [2.75, 3.05) is 25.0 Å². The van der Waals surface area contributed by atoms with Crippen molar-refractivity contribution in [3.8, 4) is 0 Å². The largest absolute Gasteiger partial charge is 0.478 e. The molecule has 3 N–H and O–H groups in total. The summed E-state index contributed by atoms with van der Waals surface area (Å²) in [6.07, 6.45) is 3.06. The molecule has 0 saturated heterocycles. The minimum atomic E-state index is -0.916. The van der Waals surface area contributed by atoms with Crippen LogP contribution in [0.4, 0.5) is 5.69 Å². The molecule has 1 unspecified atom stereocenters. The Morgan fingerprint density at radius 2 is 1.78 bits per heavy atom. The molecule has 1 aliphatic carbocycles. The number of hydrogen-bond acceptors (Lipinski definition) is 6. The van der Waals surface area contributed by atoms with Crippen LogP contribution in [0.1, 0.15) is 67.9 Å². The number of aliphatic hydroxyl groups excluding tert-OH is 1. The summed E-state index contributed by atoms with van der Waals surface area (Å²) < 4.78 is 12.4. The van der Waals surface area contributed by atoms with Crippen molar-refractivity contribution in [2.24, 2.45) is 5.41 Å². The monoisotopic (exact) mass is 498 g/mol. The lowest BCUT2D eigenvalue weighted by Gasteiger charge is -2.35. The van der Waals surface area contributed by atoms with Crippen LogP contribution in [0.25, 0.3) is 0 Å². The smallest absolute Gasteiger partial charge is 0.336 e. The first-order chi connectivity index (χ1) is 17.1. The molecule has 0 spiro atoms. The lowest BCUT2D eigenvalue weighted by atomic mass is 9.94. The standard InChI is InChI=1S/C29H42N2O5/c1-21-10-8-11-22(26(21)27(32)33)19-36-25-15-9-14-24(18-25)35-17-16-31(20-29(2,3)4)28(34)30-23-12-6-5-7-13-23/h5-8,10-13,24-25,28,30,34H,9,14-20H2,1-4H3,(H,32,33)/t24-,25+,28?/m0/s1. The van der Waals surface area contributed by atoms with Crippen LogP contribution in [0.15, 0.2) is 48.5 Å². The van der Waals surface area contributed by atoms with Gasteiger partial charge in [-0.05, 0) is 61.3 Å². The Balaban J connectivity index is 1.50. The van der Waals surface area contributed by atoms with Crippen molar-refractivity contribution < 1.29 is 24.5 Å². The fraction of sp³-hybridized carbons (Fsp3) is 0.552. The summed E-state index contributed by atoms with van der Waals surface area (Å²) in [5.74, 6) is -0.916. The van der Waals surface area contributed by atoms with E-state index in [9.17, 15) is 15.0 Å². The molecule has 0 heterocycles. The van der Waals surface area contributed by atoms with Crippen LogP contribution in [-0.2, 0) is 16.1 Å². The second-order valence-electron chi connectivity index (χ2n) is 10.9. The van der Waals surface area contributed by atoms with Crippen molar-refractivity contribution in [1.82, 2.24) is 4.90 Å². The van der Waals surface area contributed by atoms with E-state index in [0.29, 0.717) is 24.3 Å². The molecule has 1 aliphatic rings. The van der Waals surface area contributed by atoms with Gasteiger partial charge < -0.3 is 25.0 Å². The zero-order chi connectivity index (χ0) is 26.1. The minimum Gasteiger partial charge on any atom is -0.478 e. The van der Waals surface area contributed by atoms with Gasteiger partial charge >= 0.3 is 5.97 Å². The lowest BCUT2D eigenvalue weighted by Crippen LogP contribution is -2.46. The van der Waals surface area contributed by atoms with E-state index in [-0.39, 0.29) is 24.2 Å². The van der Waals surface area contributed by atoms with Gasteiger partial charge in [-0.1, -0.05) is 57.2 Å². The third-order valence-corrected chi connectivity index (χ3v) is 6.45. The molecule has 0 amide bonds. The number of aryl methyl sites for hydroxylation is 1. The Morgan fingerprint density at radius 1 is 1.08 bits per heavy atom. The average Bonchev–Trinajstić information content (AvgIpc) is 2.82. The number of nitrogens with zero attached hydrogens (tertiary/aromatic N) is 1. The fourth-order valence-electron chi connectivity index (χ4n) is 4.78. The van der Waals surface area contributed by atoms with E-state index in [2.05, 4.69) is 26.1 Å². The maximum atomic E-state index is 11.7. The van der Waals surface area contributed by atoms with Crippen LogP contribution in [0, 0.1) is 12.3 Å². The van der Waals surface area contributed by atoms with E-state index in [4.69, 9.17) is 9.47 Å². The van der Waals surface area contributed by atoms with E-state index in [1.165, 1.54) is 0 Å². The highest BCUT2D eigenvalue weighted by atomic mass is 16.5. The van der Waals surface area contributed by atoms with Crippen molar-refractivity contribution in [3.63, 3.8) is 0 Å². The number of nitrogens with one attached hydrogen (secondary N) is 1. The second-order valence-corrected chi connectivity index (χ2v) is 10.9. The highest BCUT2D eigenvalue weighted by Gasteiger charge is 2.26. The van der Waals surface area contributed by atoms with E-state index in [1.54, 1.807) is 0 Å². The molecule has 3 rings (SSSR count). The number of aromatic carboxylic acids is 1. The van der Waals surface area contributed by atoms with Crippen LogP contribution in [-0.4, -0.2) is 59.3 Å². The van der Waals surface area contributed by atoms with Gasteiger partial charge in [-0.2, -0.15) is 0 Å². The molecule has 0 aliphatic heterocycles. The minimum absolute atomic E-state index is 0.0215. The summed E-state index contributed by atoms with van der Waals surface area (Å²) in [4.78, 5) is 13.7. The van der Waals surface area contributed by atoms with E-state index >= 15 is 0 Å². The molecular weight excluding hydrogens is 456 g/mol. The van der Waals surface area contributed by atoms with Crippen molar-refractivity contribution in [1.29, 1.82) is 0 Å². The highest BCUT2D eigenvalue weighted by molar-refractivity contribution is 5.91. The van der Waals surface area contributed by atoms with Gasteiger partial charge in [0.15, 0.2) is 6.35 Å². The summed E-state index contributed by atoms with van der Waals surface area (Å²) in [7, 11) is 0. The number of anilines is 1. The first-order valence-electron chi connectivity index (χ1n) is 12.9. The predicted octanol–water partition coefficient (Wildman–Crippen LogP) is 5.27. The van der Waals surface area contributed by atoms with Gasteiger partial charge in [0.2, 0.25) is 0 Å². The predicted molar refractivity (Wildman–Crippen MR) is 142 cm³/mol. The molecule has 1 fully saturated rings. The van der Waals surface area contributed by atoms with Crippen LogP contribution in [0.3, 0.4) is 0 Å². The first-order valence-corrected chi connectivity index (χ1v) is 12.9. The third kappa shape index (κ3) is 8.89. The second kappa shape index (κ2) is 13.2. The van der Waals surface area contributed by atoms with E-state index < -0.39 is 12.3 Å². The number of rotatable bonds is 12. The van der Waals surface area contributed by atoms with Gasteiger partial charge in [0.05, 0.1) is 31.0 Å². The molecule has 7 nitrogen and oxygen atoms in total. The average molecular weight is 499 g/mol. The number of hydrogen-bond donors (Lipinski definition) is 3. The van der Waals surface area contributed by atoms with Gasteiger partial charge in [-0.15, -0.1) is 0 Å². The van der Waals surface area contributed by atoms with Gasteiger partial charge in [0.1, 0.15) is 0 Å². The SMILES string of the molecule is Cc1cccc(CO[C@@H]2CCC[C@H](OCCN(CC(C)(C)C)C(O)Nc3ccccc3)C2)c1C(=O)O. The summed E-state index contributed by atoms with van der Waals surface area (Å²) >= 11 is 0. The van der Waals surface area contributed by atoms with Crippen molar-refractivity contribution in [3.05, 3.63) is 65.2 Å². The molecule has 1 saturated carbocycles. The molecule has 36 heavy (non-hydrogen) atoms. The topological polar surface area (TPSA) is 91.3 Å². The fourth-order valence-corrected chi connectivity index (χ4v) is 4.78. The summed E-state index contributed by atoms with van der Waals surface area (Å²) in [6, 6.07) is 15.2. The molecule has 0 radical (unpaired) electrons. The van der Waals surface area contributed by atoms with Crippen molar-refractivity contribution in [2.45, 2.75) is 78.5 Å². The lowest BCUT2D eigenvalue weighted by molar-refractivity contribution is -0.0659. The number of benzene rings is 2. The Hall–Kier alpha value is -2.45. The van der Waals surface area contributed by atoms with Crippen LogP contribution in [0.5, 0.6) is 0 Å². The number of carbonyl (C=O) groups is 1. The molecule has 2 aromatic carbocycles. The molecule has 2 aromatic rings. The summed E-state index contributed by atoms with van der Waals surface area (Å²) in [5.41, 5.74) is 2.69. The van der Waals surface area contributed by atoms with Gasteiger partial charge in [0, 0.05) is 18.8 Å². The summed E-state index contributed by atoms with van der Waals surface area (Å²) in [5, 5.41) is 23.6. The Morgan fingerprint density at radius 3 is 2.44 bits per heavy atom. The summed E-state index contributed by atoms with van der Waals surface area (Å²) in [6.45, 7) is 10.4.